The zero-order valence-corrected chi connectivity index (χ0v) is 22.6. The lowest BCUT2D eigenvalue weighted by atomic mass is 9.97. The van der Waals surface area contributed by atoms with E-state index in [9.17, 15) is 4.79 Å². The number of aromatic nitrogens is 4. The first-order chi connectivity index (χ1) is 19.6. The number of morpholine rings is 1. The van der Waals surface area contributed by atoms with E-state index in [1.807, 2.05) is 34.9 Å². The van der Waals surface area contributed by atoms with Gasteiger partial charge in [-0.05, 0) is 54.7 Å². The van der Waals surface area contributed by atoms with E-state index >= 15 is 4.39 Å². The van der Waals surface area contributed by atoms with Crippen LogP contribution in [-0.4, -0.2) is 69.6 Å². The monoisotopic (exact) mass is 562 g/mol. The Balaban J connectivity index is 1.17. The van der Waals surface area contributed by atoms with Crippen LogP contribution in [0, 0.1) is 5.82 Å². The minimum Gasteiger partial charge on any atom is -0.481 e. The van der Waals surface area contributed by atoms with Crippen molar-refractivity contribution >= 4 is 29.0 Å². The summed E-state index contributed by atoms with van der Waals surface area (Å²) in [6.07, 6.45) is 6.27. The van der Waals surface area contributed by atoms with Crippen molar-refractivity contribution in [3.8, 4) is 5.75 Å². The SMILES string of the molecule is O=C(COc1ccc(N2CCOCC2)nc1Cl)N1CCc2nc3ccccn3c2C1c1ncc(C2CC2)cc1F. The molecule has 40 heavy (non-hydrogen) atoms. The number of anilines is 1. The largest absolute Gasteiger partial charge is 0.481 e. The standard InChI is InChI=1S/C29H28ClFN6O3/c30-29-22(6-7-23(34-29)35-11-13-39-14-12-35)40-17-25(38)37-10-8-21-27(36-9-2-1-3-24(36)33-21)28(37)26-20(31)15-19(16-32-26)18-4-5-18/h1-3,6-7,9,15-16,18,28H,4-5,8,10-14,17H2. The first-order valence-corrected chi connectivity index (χ1v) is 14.0. The quantitative estimate of drug-likeness (QED) is 0.326. The van der Waals surface area contributed by atoms with E-state index < -0.39 is 11.9 Å². The van der Waals surface area contributed by atoms with Crippen LogP contribution in [0.2, 0.25) is 5.15 Å². The third-order valence-electron chi connectivity index (χ3n) is 7.81. The Hall–Kier alpha value is -3.76. The van der Waals surface area contributed by atoms with E-state index in [2.05, 4.69) is 14.9 Å². The summed E-state index contributed by atoms with van der Waals surface area (Å²) in [4.78, 5) is 31.2. The lowest BCUT2D eigenvalue weighted by Crippen LogP contribution is -2.44. The Morgan fingerprint density at radius 3 is 2.75 bits per heavy atom. The zero-order valence-electron chi connectivity index (χ0n) is 21.8. The molecule has 2 aliphatic heterocycles. The number of hydrogen-bond acceptors (Lipinski definition) is 7. The summed E-state index contributed by atoms with van der Waals surface area (Å²) in [7, 11) is 0. The van der Waals surface area contributed by atoms with Gasteiger partial charge in [-0.3, -0.25) is 9.78 Å². The van der Waals surface area contributed by atoms with Gasteiger partial charge in [-0.25, -0.2) is 14.4 Å². The summed E-state index contributed by atoms with van der Waals surface area (Å²) in [5.74, 6) is 0.696. The molecular weight excluding hydrogens is 535 g/mol. The summed E-state index contributed by atoms with van der Waals surface area (Å²) in [6.45, 7) is 2.82. The molecule has 0 N–H and O–H groups in total. The number of carbonyl (C=O) groups excluding carboxylic acids is 1. The van der Waals surface area contributed by atoms with Crippen LogP contribution in [0.5, 0.6) is 5.75 Å². The normalized spacial score (nSPS) is 19.1. The minimum atomic E-state index is -0.747. The molecule has 3 aliphatic rings. The molecule has 1 aliphatic carbocycles. The van der Waals surface area contributed by atoms with E-state index in [0.717, 1.165) is 54.3 Å². The fraction of sp³-hybridized carbons (Fsp3) is 0.379. The van der Waals surface area contributed by atoms with Crippen molar-refractivity contribution in [2.45, 2.75) is 31.2 Å². The number of fused-ring (bicyclic) bond motifs is 3. The summed E-state index contributed by atoms with van der Waals surface area (Å²) in [6, 6.07) is 10.1. The van der Waals surface area contributed by atoms with Crippen molar-refractivity contribution < 1.29 is 18.7 Å². The Morgan fingerprint density at radius 2 is 1.98 bits per heavy atom. The molecule has 0 aromatic carbocycles. The lowest BCUT2D eigenvalue weighted by molar-refractivity contribution is -0.135. The first-order valence-electron chi connectivity index (χ1n) is 13.6. The van der Waals surface area contributed by atoms with E-state index in [0.29, 0.717) is 37.8 Å². The van der Waals surface area contributed by atoms with Gasteiger partial charge in [0.1, 0.15) is 29.0 Å². The fourth-order valence-electron chi connectivity index (χ4n) is 5.60. The molecule has 1 unspecified atom stereocenters. The molecule has 6 heterocycles. The zero-order chi connectivity index (χ0) is 27.2. The number of amides is 1. The van der Waals surface area contributed by atoms with Gasteiger partial charge in [-0.15, -0.1) is 0 Å². The van der Waals surface area contributed by atoms with Crippen molar-refractivity contribution in [3.63, 3.8) is 0 Å². The van der Waals surface area contributed by atoms with Crippen LogP contribution in [-0.2, 0) is 16.0 Å². The molecule has 1 saturated heterocycles. The second-order valence-electron chi connectivity index (χ2n) is 10.4. The summed E-state index contributed by atoms with van der Waals surface area (Å²) in [5, 5.41) is 0.180. The predicted octanol–water partition coefficient (Wildman–Crippen LogP) is 4.18. The van der Waals surface area contributed by atoms with Gasteiger partial charge in [-0.1, -0.05) is 17.7 Å². The molecule has 1 saturated carbocycles. The topological polar surface area (TPSA) is 85.1 Å². The van der Waals surface area contributed by atoms with Crippen molar-refractivity contribution in [3.05, 3.63) is 82.4 Å². The Bertz CT molecular complexity index is 1590. The molecule has 4 aromatic rings. The summed E-state index contributed by atoms with van der Waals surface area (Å²) < 4.78 is 28.8. The Kier molecular flexibility index (Phi) is 6.51. The van der Waals surface area contributed by atoms with Crippen molar-refractivity contribution in [2.75, 3.05) is 44.4 Å². The molecule has 9 nitrogen and oxygen atoms in total. The summed E-state index contributed by atoms with van der Waals surface area (Å²) >= 11 is 6.44. The maximum Gasteiger partial charge on any atom is 0.261 e. The van der Waals surface area contributed by atoms with Gasteiger partial charge in [-0.2, -0.15) is 0 Å². The second kappa shape index (κ2) is 10.3. The van der Waals surface area contributed by atoms with Crippen LogP contribution in [0.25, 0.3) is 5.65 Å². The van der Waals surface area contributed by atoms with Crippen LogP contribution in [0.3, 0.4) is 0 Å². The van der Waals surface area contributed by atoms with Crippen LogP contribution >= 0.6 is 11.6 Å². The van der Waals surface area contributed by atoms with Gasteiger partial charge in [0.15, 0.2) is 17.5 Å². The molecular formula is C29H28ClFN6O3. The highest BCUT2D eigenvalue weighted by Crippen LogP contribution is 2.42. The number of nitrogens with zero attached hydrogens (tertiary/aromatic N) is 6. The second-order valence-corrected chi connectivity index (χ2v) is 10.7. The molecule has 0 radical (unpaired) electrons. The Labute approximate surface area is 235 Å². The molecule has 4 aromatic heterocycles. The smallest absolute Gasteiger partial charge is 0.261 e. The van der Waals surface area contributed by atoms with Crippen LogP contribution in [0.4, 0.5) is 10.2 Å². The fourth-order valence-corrected chi connectivity index (χ4v) is 5.80. The van der Waals surface area contributed by atoms with E-state index in [1.54, 1.807) is 23.2 Å². The van der Waals surface area contributed by atoms with Crippen LogP contribution in [0.15, 0.2) is 48.8 Å². The van der Waals surface area contributed by atoms with Crippen LogP contribution < -0.4 is 9.64 Å². The highest BCUT2D eigenvalue weighted by Gasteiger charge is 2.38. The average molecular weight is 563 g/mol. The highest BCUT2D eigenvalue weighted by atomic mass is 35.5. The molecule has 206 valence electrons. The number of ether oxygens (including phenoxy) is 2. The number of carbonyl (C=O) groups is 1. The third kappa shape index (κ3) is 4.65. The van der Waals surface area contributed by atoms with Gasteiger partial charge in [0.25, 0.3) is 5.91 Å². The molecule has 1 amide bonds. The molecule has 7 rings (SSSR count). The molecule has 2 fully saturated rings. The maximum absolute atomic E-state index is 15.7. The minimum absolute atomic E-state index is 0.180. The molecule has 0 spiro atoms. The number of halogens is 2. The van der Waals surface area contributed by atoms with E-state index in [-0.39, 0.29) is 23.4 Å². The summed E-state index contributed by atoms with van der Waals surface area (Å²) in [5.41, 5.74) is 3.43. The van der Waals surface area contributed by atoms with E-state index in [4.69, 9.17) is 26.1 Å². The van der Waals surface area contributed by atoms with Crippen molar-refractivity contribution in [2.24, 2.45) is 0 Å². The van der Waals surface area contributed by atoms with Gasteiger partial charge < -0.3 is 23.7 Å². The van der Waals surface area contributed by atoms with Crippen molar-refractivity contribution in [1.29, 1.82) is 0 Å². The number of imidazole rings is 1. The third-order valence-corrected chi connectivity index (χ3v) is 8.08. The van der Waals surface area contributed by atoms with Gasteiger partial charge in [0.2, 0.25) is 0 Å². The van der Waals surface area contributed by atoms with Gasteiger partial charge in [0, 0.05) is 38.4 Å². The van der Waals surface area contributed by atoms with Gasteiger partial charge >= 0.3 is 0 Å². The lowest BCUT2D eigenvalue weighted by Gasteiger charge is -2.35. The van der Waals surface area contributed by atoms with Crippen LogP contribution in [0.1, 0.15) is 47.4 Å². The Morgan fingerprint density at radius 1 is 1.12 bits per heavy atom. The number of hydrogen-bond donors (Lipinski definition) is 0. The molecule has 1 atom stereocenters. The van der Waals surface area contributed by atoms with E-state index in [1.165, 1.54) is 0 Å². The van der Waals surface area contributed by atoms with Crippen molar-refractivity contribution in [1.82, 2.24) is 24.3 Å². The predicted molar refractivity (Wildman–Crippen MR) is 146 cm³/mol. The number of rotatable bonds is 6. The molecule has 11 heteroatoms. The molecule has 0 bridgehead atoms. The average Bonchev–Trinajstić information content (AvgIpc) is 3.76. The number of pyridine rings is 3. The van der Waals surface area contributed by atoms with Gasteiger partial charge in [0.05, 0.1) is 24.6 Å². The highest BCUT2D eigenvalue weighted by molar-refractivity contribution is 6.31. The maximum atomic E-state index is 15.7. The first kappa shape index (κ1) is 25.2.